The number of carbonyl (C=O) groups is 1. The van der Waals surface area contributed by atoms with Crippen LogP contribution in [0, 0.1) is 27.7 Å². The number of hydrogen-bond acceptors (Lipinski definition) is 4. The minimum absolute atomic E-state index is 0.0550. The van der Waals surface area contributed by atoms with Gasteiger partial charge < -0.3 is 9.42 Å². The van der Waals surface area contributed by atoms with Crippen LogP contribution in [0.25, 0.3) is 11.5 Å². The fourth-order valence-electron chi connectivity index (χ4n) is 3.72. The van der Waals surface area contributed by atoms with Crippen molar-refractivity contribution >= 4 is 11.6 Å². The van der Waals surface area contributed by atoms with Gasteiger partial charge in [0, 0.05) is 30.1 Å². The second kappa shape index (κ2) is 6.65. The first-order valence-electron chi connectivity index (χ1n) is 9.22. The number of amides is 1. The van der Waals surface area contributed by atoms with Crippen molar-refractivity contribution in [3.05, 3.63) is 64.5 Å². The van der Waals surface area contributed by atoms with Crippen LogP contribution in [0.1, 0.15) is 40.4 Å². The highest BCUT2D eigenvalue weighted by Gasteiger charge is 2.35. The van der Waals surface area contributed by atoms with E-state index in [0.29, 0.717) is 24.7 Å². The predicted octanol–water partition coefficient (Wildman–Crippen LogP) is 4.49. The third-order valence-corrected chi connectivity index (χ3v) is 5.40. The van der Waals surface area contributed by atoms with E-state index in [2.05, 4.69) is 36.1 Å². The molecular formula is C22H23N3O2. The minimum atomic E-state index is -0.0550. The van der Waals surface area contributed by atoms with Crippen LogP contribution < -0.4 is 4.90 Å². The molecule has 1 amide bonds. The van der Waals surface area contributed by atoms with Gasteiger partial charge in [0.1, 0.15) is 0 Å². The zero-order valence-corrected chi connectivity index (χ0v) is 16.1. The van der Waals surface area contributed by atoms with Crippen LogP contribution in [0.5, 0.6) is 0 Å². The molecule has 0 bridgehead atoms. The highest BCUT2D eigenvalue weighted by atomic mass is 16.5. The SMILES string of the molecule is Cc1ccc(-c2nc(C3CC(=O)N(c4c(C)cccc4C)C3)no2)cc1C. The van der Waals surface area contributed by atoms with Crippen molar-refractivity contribution < 1.29 is 9.32 Å². The van der Waals surface area contributed by atoms with Crippen molar-refractivity contribution in [2.45, 2.75) is 40.0 Å². The summed E-state index contributed by atoms with van der Waals surface area (Å²) in [6.45, 7) is 8.79. The average molecular weight is 361 g/mol. The Balaban J connectivity index is 1.60. The van der Waals surface area contributed by atoms with Crippen molar-refractivity contribution in [3.8, 4) is 11.5 Å². The van der Waals surface area contributed by atoms with Crippen molar-refractivity contribution in [1.29, 1.82) is 0 Å². The maximum absolute atomic E-state index is 12.7. The molecule has 0 radical (unpaired) electrons. The summed E-state index contributed by atoms with van der Waals surface area (Å²) in [5.41, 5.74) is 6.53. The summed E-state index contributed by atoms with van der Waals surface area (Å²) in [5, 5.41) is 4.17. The Morgan fingerprint density at radius 3 is 2.44 bits per heavy atom. The Hall–Kier alpha value is -2.95. The Kier molecular flexibility index (Phi) is 4.30. The molecule has 2 heterocycles. The Bertz CT molecular complexity index is 1000. The smallest absolute Gasteiger partial charge is 0.257 e. The van der Waals surface area contributed by atoms with Gasteiger partial charge in [-0.3, -0.25) is 4.79 Å². The van der Waals surface area contributed by atoms with E-state index in [9.17, 15) is 4.79 Å². The topological polar surface area (TPSA) is 59.2 Å². The Morgan fingerprint density at radius 2 is 1.74 bits per heavy atom. The molecule has 0 aliphatic carbocycles. The first-order chi connectivity index (χ1) is 12.9. The van der Waals surface area contributed by atoms with E-state index >= 15 is 0 Å². The van der Waals surface area contributed by atoms with Crippen LogP contribution >= 0.6 is 0 Å². The standard InChI is InChI=1S/C22H23N3O2/c1-13-8-9-17(10-16(13)4)22-23-21(24-27-22)18-11-19(26)25(12-18)20-14(2)6-5-7-15(20)3/h5-10,18H,11-12H2,1-4H3. The number of benzene rings is 2. The van der Waals surface area contributed by atoms with Gasteiger partial charge in [-0.25, -0.2) is 0 Å². The lowest BCUT2D eigenvalue weighted by atomic mass is 10.1. The minimum Gasteiger partial charge on any atom is -0.334 e. The van der Waals surface area contributed by atoms with Crippen LogP contribution in [0.4, 0.5) is 5.69 Å². The summed E-state index contributed by atoms with van der Waals surface area (Å²) in [7, 11) is 0. The number of anilines is 1. The van der Waals surface area contributed by atoms with Crippen LogP contribution in [-0.4, -0.2) is 22.6 Å². The molecule has 138 valence electrons. The molecule has 1 saturated heterocycles. The number of para-hydroxylation sites is 1. The van der Waals surface area contributed by atoms with Crippen LogP contribution in [0.2, 0.25) is 0 Å². The lowest BCUT2D eigenvalue weighted by Crippen LogP contribution is -2.26. The van der Waals surface area contributed by atoms with Gasteiger partial charge in [-0.1, -0.05) is 29.4 Å². The van der Waals surface area contributed by atoms with Gasteiger partial charge in [-0.15, -0.1) is 0 Å². The molecule has 0 saturated carbocycles. The molecule has 1 unspecified atom stereocenters. The third kappa shape index (κ3) is 3.14. The van der Waals surface area contributed by atoms with Gasteiger partial charge in [-0.2, -0.15) is 4.98 Å². The maximum atomic E-state index is 12.7. The Morgan fingerprint density at radius 1 is 1.00 bits per heavy atom. The molecule has 1 fully saturated rings. The van der Waals surface area contributed by atoms with Crippen LogP contribution in [-0.2, 0) is 4.79 Å². The fraction of sp³-hybridized carbons (Fsp3) is 0.318. The van der Waals surface area contributed by atoms with Gasteiger partial charge in [0.25, 0.3) is 5.89 Å². The predicted molar refractivity (Wildman–Crippen MR) is 105 cm³/mol. The summed E-state index contributed by atoms with van der Waals surface area (Å²) >= 11 is 0. The fourth-order valence-corrected chi connectivity index (χ4v) is 3.72. The first kappa shape index (κ1) is 17.5. The van der Waals surface area contributed by atoms with E-state index < -0.39 is 0 Å². The highest BCUT2D eigenvalue weighted by Crippen LogP contribution is 2.34. The van der Waals surface area contributed by atoms with Crippen LogP contribution in [0.3, 0.4) is 0 Å². The van der Waals surface area contributed by atoms with E-state index in [0.717, 1.165) is 22.4 Å². The maximum Gasteiger partial charge on any atom is 0.257 e. The third-order valence-electron chi connectivity index (χ3n) is 5.40. The molecule has 1 aliphatic rings. The molecule has 2 aromatic carbocycles. The van der Waals surface area contributed by atoms with Crippen molar-refractivity contribution in [2.75, 3.05) is 11.4 Å². The summed E-state index contributed by atoms with van der Waals surface area (Å²) in [4.78, 5) is 19.1. The molecule has 4 rings (SSSR count). The van der Waals surface area contributed by atoms with E-state index in [1.807, 2.05) is 43.0 Å². The monoisotopic (exact) mass is 361 g/mol. The molecule has 27 heavy (non-hydrogen) atoms. The number of aryl methyl sites for hydroxylation is 4. The Labute approximate surface area is 159 Å². The summed E-state index contributed by atoms with van der Waals surface area (Å²) in [6.07, 6.45) is 0.402. The normalized spacial score (nSPS) is 17.0. The van der Waals surface area contributed by atoms with Crippen molar-refractivity contribution in [3.63, 3.8) is 0 Å². The molecular weight excluding hydrogens is 338 g/mol. The van der Waals surface area contributed by atoms with Gasteiger partial charge in [-0.05, 0) is 62.1 Å². The molecule has 5 nitrogen and oxygen atoms in total. The van der Waals surface area contributed by atoms with Crippen molar-refractivity contribution in [1.82, 2.24) is 10.1 Å². The van der Waals surface area contributed by atoms with E-state index in [1.165, 1.54) is 11.1 Å². The summed E-state index contributed by atoms with van der Waals surface area (Å²) < 4.78 is 5.49. The molecule has 0 N–H and O–H groups in total. The first-order valence-corrected chi connectivity index (χ1v) is 9.22. The van der Waals surface area contributed by atoms with Crippen molar-refractivity contribution in [2.24, 2.45) is 0 Å². The zero-order chi connectivity index (χ0) is 19.1. The van der Waals surface area contributed by atoms with Gasteiger partial charge in [0.2, 0.25) is 5.91 Å². The number of aromatic nitrogens is 2. The largest absolute Gasteiger partial charge is 0.334 e. The average Bonchev–Trinajstić information content (AvgIpc) is 3.25. The summed E-state index contributed by atoms with van der Waals surface area (Å²) in [5.74, 6) is 1.16. The van der Waals surface area contributed by atoms with Gasteiger partial charge >= 0.3 is 0 Å². The van der Waals surface area contributed by atoms with E-state index in [-0.39, 0.29) is 11.8 Å². The lowest BCUT2D eigenvalue weighted by molar-refractivity contribution is -0.117. The molecule has 1 aliphatic heterocycles. The molecule has 1 aromatic heterocycles. The number of hydrogen-bond donors (Lipinski definition) is 0. The number of nitrogens with zero attached hydrogens (tertiary/aromatic N) is 3. The molecule has 3 aromatic rings. The molecule has 1 atom stereocenters. The quantitative estimate of drug-likeness (QED) is 0.690. The second-order valence-electron chi connectivity index (χ2n) is 7.40. The van der Waals surface area contributed by atoms with E-state index in [1.54, 1.807) is 0 Å². The highest BCUT2D eigenvalue weighted by molar-refractivity contribution is 5.97. The molecule has 0 spiro atoms. The van der Waals surface area contributed by atoms with Gasteiger partial charge in [0.15, 0.2) is 5.82 Å². The van der Waals surface area contributed by atoms with Gasteiger partial charge in [0.05, 0.1) is 0 Å². The second-order valence-corrected chi connectivity index (χ2v) is 7.40. The zero-order valence-electron chi connectivity index (χ0n) is 16.1. The summed E-state index contributed by atoms with van der Waals surface area (Å²) in [6, 6.07) is 12.2. The van der Waals surface area contributed by atoms with E-state index in [4.69, 9.17) is 4.52 Å². The number of carbonyl (C=O) groups excluding carboxylic acids is 1. The number of rotatable bonds is 3. The molecule has 5 heteroatoms. The van der Waals surface area contributed by atoms with Crippen LogP contribution in [0.15, 0.2) is 40.9 Å². The lowest BCUT2D eigenvalue weighted by Gasteiger charge is -2.21.